The number of halogens is 1. The predicted molar refractivity (Wildman–Crippen MR) is 80.2 cm³/mol. The van der Waals surface area contributed by atoms with E-state index in [0.29, 0.717) is 0 Å². The van der Waals surface area contributed by atoms with Gasteiger partial charge in [0.15, 0.2) is 0 Å². The first-order valence-corrected chi connectivity index (χ1v) is 7.15. The zero-order valence-electron chi connectivity index (χ0n) is 10.7. The van der Waals surface area contributed by atoms with Gasteiger partial charge in [-0.3, -0.25) is 4.79 Å². The van der Waals surface area contributed by atoms with Crippen molar-refractivity contribution in [1.82, 2.24) is 0 Å². The molecule has 2 aromatic carbocycles. The fraction of sp³-hybridized carbons (Fsp3) is 0.312. The number of alkyl halides is 1. The van der Waals surface area contributed by atoms with Crippen LogP contribution in [0.25, 0.3) is 10.8 Å². The summed E-state index contributed by atoms with van der Waals surface area (Å²) in [7, 11) is 0. The Labute approximate surface area is 116 Å². The minimum atomic E-state index is -0.0846. The van der Waals surface area contributed by atoms with Crippen LogP contribution in [-0.4, -0.2) is 10.6 Å². The van der Waals surface area contributed by atoms with Gasteiger partial charge in [0, 0.05) is 5.92 Å². The van der Waals surface area contributed by atoms with Crippen molar-refractivity contribution in [3.8, 4) is 0 Å². The summed E-state index contributed by atoms with van der Waals surface area (Å²) in [5, 5.41) is 2.47. The smallest absolute Gasteiger partial charge is 0.149 e. The summed E-state index contributed by atoms with van der Waals surface area (Å²) in [6.07, 6.45) is 0.752. The van der Waals surface area contributed by atoms with Crippen molar-refractivity contribution in [3.63, 3.8) is 0 Å². The lowest BCUT2D eigenvalue weighted by Gasteiger charge is -2.12. The second kappa shape index (κ2) is 5.66. The molecular weight excluding hydrogens is 288 g/mol. The molecule has 0 aliphatic heterocycles. The van der Waals surface area contributed by atoms with Crippen LogP contribution in [0.4, 0.5) is 0 Å². The topological polar surface area (TPSA) is 17.1 Å². The van der Waals surface area contributed by atoms with Crippen LogP contribution < -0.4 is 0 Å². The molecule has 2 rings (SSSR count). The lowest BCUT2D eigenvalue weighted by Crippen LogP contribution is -2.21. The molecule has 1 atom stereocenters. The van der Waals surface area contributed by atoms with Crippen molar-refractivity contribution < 1.29 is 4.79 Å². The van der Waals surface area contributed by atoms with E-state index in [2.05, 4.69) is 46.3 Å². The predicted octanol–water partition coefficient (Wildman–Crippen LogP) is 4.37. The van der Waals surface area contributed by atoms with Crippen LogP contribution in [0.2, 0.25) is 0 Å². The summed E-state index contributed by atoms with van der Waals surface area (Å²) in [6, 6.07) is 14.7. The number of benzene rings is 2. The van der Waals surface area contributed by atoms with E-state index in [9.17, 15) is 4.79 Å². The molecule has 0 fully saturated rings. The van der Waals surface area contributed by atoms with Gasteiger partial charge in [-0.05, 0) is 22.8 Å². The minimum absolute atomic E-state index is 0.0785. The maximum absolute atomic E-state index is 11.9. The summed E-state index contributed by atoms with van der Waals surface area (Å²) in [6.45, 7) is 3.88. The molecule has 0 aliphatic carbocycles. The standard InChI is InChI=1S/C16H17BrO/c1-11(2)16(18)15(17)10-12-7-8-13-5-3-4-6-14(13)9-12/h3-9,11,15H,10H2,1-2H3. The number of ketones is 1. The Hall–Kier alpha value is -1.15. The van der Waals surface area contributed by atoms with Crippen molar-refractivity contribution in [2.45, 2.75) is 25.1 Å². The summed E-state index contributed by atoms with van der Waals surface area (Å²) in [5.41, 5.74) is 1.20. The van der Waals surface area contributed by atoms with Gasteiger partial charge in [0.05, 0.1) is 4.83 Å². The van der Waals surface area contributed by atoms with E-state index in [0.717, 1.165) is 6.42 Å². The average molecular weight is 305 g/mol. The second-order valence-corrected chi connectivity index (χ2v) is 6.02. The highest BCUT2D eigenvalue weighted by Gasteiger charge is 2.18. The fourth-order valence-electron chi connectivity index (χ4n) is 2.03. The van der Waals surface area contributed by atoms with Crippen LogP contribution in [0.3, 0.4) is 0 Å². The zero-order valence-corrected chi connectivity index (χ0v) is 12.3. The molecular formula is C16H17BrO. The van der Waals surface area contributed by atoms with Crippen LogP contribution in [-0.2, 0) is 11.2 Å². The maximum atomic E-state index is 11.9. The number of rotatable bonds is 4. The van der Waals surface area contributed by atoms with E-state index in [1.807, 2.05) is 26.0 Å². The third-order valence-electron chi connectivity index (χ3n) is 3.11. The molecule has 2 heteroatoms. The molecule has 0 N–H and O–H groups in total. The van der Waals surface area contributed by atoms with Crippen molar-refractivity contribution in [1.29, 1.82) is 0 Å². The van der Waals surface area contributed by atoms with Crippen molar-refractivity contribution in [2.24, 2.45) is 5.92 Å². The third kappa shape index (κ3) is 2.99. The van der Waals surface area contributed by atoms with Crippen molar-refractivity contribution in [2.75, 3.05) is 0 Å². The maximum Gasteiger partial charge on any atom is 0.149 e. The highest BCUT2D eigenvalue weighted by molar-refractivity contribution is 9.10. The SMILES string of the molecule is CC(C)C(=O)C(Br)Cc1ccc2ccccc2c1. The van der Waals surface area contributed by atoms with Crippen molar-refractivity contribution in [3.05, 3.63) is 48.0 Å². The number of Topliss-reactive ketones (excluding diaryl/α,β-unsaturated/α-hetero) is 1. The molecule has 1 unspecified atom stereocenters. The number of carbonyl (C=O) groups excluding carboxylic acids is 1. The first-order chi connectivity index (χ1) is 8.58. The fourth-order valence-corrected chi connectivity index (χ4v) is 2.94. The van der Waals surface area contributed by atoms with Crippen LogP contribution in [0, 0.1) is 5.92 Å². The normalized spacial score (nSPS) is 12.9. The third-order valence-corrected chi connectivity index (χ3v) is 3.88. The Balaban J connectivity index is 2.19. The number of fused-ring (bicyclic) bond motifs is 1. The number of hydrogen-bond donors (Lipinski definition) is 0. The minimum Gasteiger partial charge on any atom is -0.298 e. The van der Waals surface area contributed by atoms with Crippen molar-refractivity contribution >= 4 is 32.5 Å². The molecule has 0 heterocycles. The Morgan fingerprint density at radius 3 is 2.44 bits per heavy atom. The first kappa shape index (κ1) is 13.3. The van der Waals surface area contributed by atoms with Gasteiger partial charge in [-0.1, -0.05) is 72.2 Å². The summed E-state index contributed by atoms with van der Waals surface area (Å²) >= 11 is 3.50. The van der Waals surface area contributed by atoms with Crippen LogP contribution in [0.1, 0.15) is 19.4 Å². The Morgan fingerprint density at radius 1 is 1.11 bits per heavy atom. The largest absolute Gasteiger partial charge is 0.298 e. The van der Waals surface area contributed by atoms with Gasteiger partial charge in [-0.2, -0.15) is 0 Å². The lowest BCUT2D eigenvalue weighted by molar-refractivity contribution is -0.121. The van der Waals surface area contributed by atoms with Gasteiger partial charge in [-0.15, -0.1) is 0 Å². The van der Waals surface area contributed by atoms with E-state index in [1.165, 1.54) is 16.3 Å². The van der Waals surface area contributed by atoms with E-state index in [-0.39, 0.29) is 16.5 Å². The summed E-state index contributed by atoms with van der Waals surface area (Å²) in [5.74, 6) is 0.345. The van der Waals surface area contributed by atoms with Gasteiger partial charge in [-0.25, -0.2) is 0 Å². The van der Waals surface area contributed by atoms with Crippen LogP contribution in [0.5, 0.6) is 0 Å². The quantitative estimate of drug-likeness (QED) is 0.767. The molecule has 0 saturated heterocycles. The average Bonchev–Trinajstić information content (AvgIpc) is 2.37. The van der Waals surface area contributed by atoms with E-state index < -0.39 is 0 Å². The zero-order chi connectivity index (χ0) is 13.1. The number of carbonyl (C=O) groups is 1. The molecule has 0 radical (unpaired) electrons. The van der Waals surface area contributed by atoms with Gasteiger partial charge in [0.2, 0.25) is 0 Å². The molecule has 0 aromatic heterocycles. The Kier molecular flexibility index (Phi) is 4.18. The molecule has 0 amide bonds. The Morgan fingerprint density at radius 2 is 1.78 bits per heavy atom. The van der Waals surface area contributed by atoms with Gasteiger partial charge in [0.1, 0.15) is 5.78 Å². The van der Waals surface area contributed by atoms with E-state index in [1.54, 1.807) is 0 Å². The first-order valence-electron chi connectivity index (χ1n) is 6.23. The molecule has 2 aromatic rings. The highest BCUT2D eigenvalue weighted by Crippen LogP contribution is 2.20. The van der Waals surface area contributed by atoms with Gasteiger partial charge < -0.3 is 0 Å². The van der Waals surface area contributed by atoms with E-state index >= 15 is 0 Å². The van der Waals surface area contributed by atoms with Crippen LogP contribution in [0.15, 0.2) is 42.5 Å². The second-order valence-electron chi connectivity index (χ2n) is 4.91. The molecule has 94 valence electrons. The van der Waals surface area contributed by atoms with E-state index in [4.69, 9.17) is 0 Å². The molecule has 1 nitrogen and oxygen atoms in total. The molecule has 18 heavy (non-hydrogen) atoms. The van der Waals surface area contributed by atoms with Gasteiger partial charge in [0.25, 0.3) is 0 Å². The summed E-state index contributed by atoms with van der Waals surface area (Å²) in [4.78, 5) is 11.8. The molecule has 0 aliphatic rings. The molecule has 0 saturated carbocycles. The van der Waals surface area contributed by atoms with Gasteiger partial charge >= 0.3 is 0 Å². The Bertz CT molecular complexity index is 560. The molecule has 0 spiro atoms. The highest BCUT2D eigenvalue weighted by atomic mass is 79.9. The lowest BCUT2D eigenvalue weighted by atomic mass is 9.99. The molecule has 0 bridgehead atoms. The summed E-state index contributed by atoms with van der Waals surface area (Å²) < 4.78 is 0. The monoisotopic (exact) mass is 304 g/mol. The number of hydrogen-bond acceptors (Lipinski definition) is 1. The van der Waals surface area contributed by atoms with Crippen LogP contribution >= 0.6 is 15.9 Å².